The minimum Gasteiger partial charge on any atom is -0.268 e. The summed E-state index contributed by atoms with van der Waals surface area (Å²) in [5.74, 6) is 2.78. The average Bonchev–Trinajstić information content (AvgIpc) is 2.55. The molecule has 0 saturated carbocycles. The van der Waals surface area contributed by atoms with Gasteiger partial charge in [0.15, 0.2) is 0 Å². The van der Waals surface area contributed by atoms with Crippen LogP contribution in [-0.2, 0) is 6.42 Å². The maximum atomic E-state index is 13.1. The first-order valence-electron chi connectivity index (χ1n) is 6.93. The van der Waals surface area contributed by atoms with Crippen molar-refractivity contribution in [3.05, 3.63) is 70.0 Å². The van der Waals surface area contributed by atoms with E-state index in [-0.39, 0.29) is 11.4 Å². The predicted molar refractivity (Wildman–Crippen MR) is 84.6 cm³/mol. The normalized spacial score (nSPS) is 10.6. The van der Waals surface area contributed by atoms with E-state index in [1.807, 2.05) is 6.92 Å². The van der Waals surface area contributed by atoms with Crippen molar-refractivity contribution in [2.45, 2.75) is 13.3 Å². The standard InChI is InChI=1S/C18H13FN2O/c1-3-12-6-5-7-15-17(12)18(22)21(16(4-2)20-15)14-10-8-13(19)9-11-14/h1,5-11H,4H2,2H3. The maximum Gasteiger partial charge on any atom is 0.267 e. The molecule has 0 atom stereocenters. The molecular weight excluding hydrogens is 279 g/mol. The van der Waals surface area contributed by atoms with Crippen LogP contribution in [0.3, 0.4) is 0 Å². The van der Waals surface area contributed by atoms with Gasteiger partial charge >= 0.3 is 0 Å². The molecule has 0 aliphatic carbocycles. The van der Waals surface area contributed by atoms with E-state index in [1.54, 1.807) is 30.3 Å². The SMILES string of the molecule is C#Cc1cccc2nc(CC)n(-c3ccc(F)cc3)c(=O)c12. The molecule has 108 valence electrons. The number of aromatic nitrogens is 2. The van der Waals surface area contributed by atoms with Gasteiger partial charge in [0.2, 0.25) is 0 Å². The molecule has 4 heteroatoms. The van der Waals surface area contributed by atoms with Crippen LogP contribution in [0, 0.1) is 18.2 Å². The Bertz CT molecular complexity index is 950. The van der Waals surface area contributed by atoms with Gasteiger partial charge in [-0.15, -0.1) is 6.42 Å². The second-order valence-corrected chi connectivity index (χ2v) is 4.84. The molecule has 0 fully saturated rings. The number of terminal acetylenes is 1. The summed E-state index contributed by atoms with van der Waals surface area (Å²) in [4.78, 5) is 17.4. The average molecular weight is 292 g/mol. The number of hydrogen-bond donors (Lipinski definition) is 0. The molecule has 0 spiro atoms. The molecule has 3 nitrogen and oxygen atoms in total. The van der Waals surface area contributed by atoms with Crippen molar-refractivity contribution in [2.24, 2.45) is 0 Å². The van der Waals surface area contributed by atoms with Crippen LogP contribution in [0.2, 0.25) is 0 Å². The van der Waals surface area contributed by atoms with Gasteiger partial charge in [-0.2, -0.15) is 0 Å². The van der Waals surface area contributed by atoms with Crippen LogP contribution in [0.15, 0.2) is 47.3 Å². The van der Waals surface area contributed by atoms with Gasteiger partial charge in [0.25, 0.3) is 5.56 Å². The van der Waals surface area contributed by atoms with Crippen molar-refractivity contribution in [1.82, 2.24) is 9.55 Å². The molecule has 3 aromatic rings. The summed E-state index contributed by atoms with van der Waals surface area (Å²) in [5, 5.41) is 0.409. The topological polar surface area (TPSA) is 34.9 Å². The van der Waals surface area contributed by atoms with Crippen molar-refractivity contribution in [3.63, 3.8) is 0 Å². The van der Waals surface area contributed by atoms with Gasteiger partial charge in [0, 0.05) is 12.0 Å². The Kier molecular flexibility index (Phi) is 3.48. The van der Waals surface area contributed by atoms with Crippen molar-refractivity contribution in [1.29, 1.82) is 0 Å². The summed E-state index contributed by atoms with van der Waals surface area (Å²) in [6.07, 6.45) is 6.06. The summed E-state index contributed by atoms with van der Waals surface area (Å²) in [5.41, 5.74) is 1.43. The van der Waals surface area contributed by atoms with Gasteiger partial charge in [-0.1, -0.05) is 18.9 Å². The lowest BCUT2D eigenvalue weighted by Crippen LogP contribution is -2.24. The van der Waals surface area contributed by atoms with E-state index in [4.69, 9.17) is 6.42 Å². The summed E-state index contributed by atoms with van der Waals surface area (Å²) < 4.78 is 14.6. The Morgan fingerprint density at radius 2 is 1.95 bits per heavy atom. The monoisotopic (exact) mass is 292 g/mol. The molecule has 0 saturated heterocycles. The van der Waals surface area contributed by atoms with Crippen LogP contribution in [0.4, 0.5) is 4.39 Å². The number of rotatable bonds is 2. The van der Waals surface area contributed by atoms with E-state index in [2.05, 4.69) is 10.9 Å². The fourth-order valence-corrected chi connectivity index (χ4v) is 2.49. The molecule has 0 bridgehead atoms. The highest BCUT2D eigenvalue weighted by atomic mass is 19.1. The molecule has 1 heterocycles. The summed E-state index contributed by atoms with van der Waals surface area (Å²) >= 11 is 0. The fourth-order valence-electron chi connectivity index (χ4n) is 2.49. The molecule has 22 heavy (non-hydrogen) atoms. The lowest BCUT2D eigenvalue weighted by molar-refractivity contribution is 0.627. The smallest absolute Gasteiger partial charge is 0.267 e. The van der Waals surface area contributed by atoms with Crippen LogP contribution in [-0.4, -0.2) is 9.55 Å². The number of aryl methyl sites for hydroxylation is 1. The predicted octanol–water partition coefficient (Wildman–Crippen LogP) is 3.07. The number of hydrogen-bond acceptors (Lipinski definition) is 2. The Hall–Kier alpha value is -2.93. The first kappa shape index (κ1) is 14.0. The minimum absolute atomic E-state index is 0.234. The Labute approximate surface area is 127 Å². The summed E-state index contributed by atoms with van der Waals surface area (Å²) in [6, 6.07) is 11.0. The molecule has 0 amide bonds. The Morgan fingerprint density at radius 3 is 2.59 bits per heavy atom. The molecule has 0 aliphatic rings. The van der Waals surface area contributed by atoms with E-state index < -0.39 is 0 Å². The molecule has 0 N–H and O–H groups in total. The third-order valence-electron chi connectivity index (χ3n) is 3.52. The molecule has 2 aromatic carbocycles. The van der Waals surface area contributed by atoms with Crippen LogP contribution in [0.1, 0.15) is 18.3 Å². The lowest BCUT2D eigenvalue weighted by atomic mass is 10.1. The number of halogens is 1. The lowest BCUT2D eigenvalue weighted by Gasteiger charge is -2.13. The van der Waals surface area contributed by atoms with Crippen molar-refractivity contribution < 1.29 is 4.39 Å². The number of nitrogens with zero attached hydrogens (tertiary/aromatic N) is 2. The van der Waals surface area contributed by atoms with Crippen LogP contribution in [0.25, 0.3) is 16.6 Å². The highest BCUT2D eigenvalue weighted by Crippen LogP contribution is 2.16. The molecule has 0 radical (unpaired) electrons. The molecular formula is C18H13FN2O. The van der Waals surface area contributed by atoms with Gasteiger partial charge < -0.3 is 0 Å². The van der Waals surface area contributed by atoms with Crippen molar-refractivity contribution >= 4 is 10.9 Å². The van der Waals surface area contributed by atoms with Gasteiger partial charge in [0.05, 0.1) is 16.6 Å². The zero-order valence-corrected chi connectivity index (χ0v) is 12.0. The molecule has 0 unspecified atom stereocenters. The van der Waals surface area contributed by atoms with Crippen molar-refractivity contribution in [3.8, 4) is 18.0 Å². The minimum atomic E-state index is -0.354. The van der Waals surface area contributed by atoms with E-state index in [0.717, 1.165) is 0 Å². The highest BCUT2D eigenvalue weighted by Gasteiger charge is 2.13. The second-order valence-electron chi connectivity index (χ2n) is 4.84. The van der Waals surface area contributed by atoms with E-state index in [1.165, 1.54) is 16.7 Å². The number of fused-ring (bicyclic) bond motifs is 1. The third kappa shape index (κ3) is 2.17. The molecule has 3 rings (SSSR count). The summed E-state index contributed by atoms with van der Waals surface area (Å²) in [6.45, 7) is 1.92. The first-order chi connectivity index (χ1) is 10.7. The summed E-state index contributed by atoms with van der Waals surface area (Å²) in [7, 11) is 0. The van der Waals surface area contributed by atoms with Crippen molar-refractivity contribution in [2.75, 3.05) is 0 Å². The van der Waals surface area contributed by atoms with E-state index in [0.29, 0.717) is 34.4 Å². The second kappa shape index (κ2) is 5.45. The number of benzene rings is 2. The van der Waals surface area contributed by atoms with E-state index in [9.17, 15) is 9.18 Å². The molecule has 1 aromatic heterocycles. The third-order valence-corrected chi connectivity index (χ3v) is 3.52. The molecule has 0 aliphatic heterocycles. The Balaban J connectivity index is 2.43. The van der Waals surface area contributed by atoms with Gasteiger partial charge in [0.1, 0.15) is 11.6 Å². The zero-order valence-electron chi connectivity index (χ0n) is 12.0. The van der Waals surface area contributed by atoms with Gasteiger partial charge in [-0.05, 0) is 36.4 Å². The maximum absolute atomic E-state index is 13.1. The van der Waals surface area contributed by atoms with E-state index >= 15 is 0 Å². The van der Waals surface area contributed by atoms with Crippen LogP contribution < -0.4 is 5.56 Å². The zero-order chi connectivity index (χ0) is 15.7. The van der Waals surface area contributed by atoms with Gasteiger partial charge in [-0.25, -0.2) is 9.37 Å². The highest BCUT2D eigenvalue weighted by molar-refractivity contribution is 5.84. The quantitative estimate of drug-likeness (QED) is 0.680. The first-order valence-corrected chi connectivity index (χ1v) is 6.93. The van der Waals surface area contributed by atoms with Crippen LogP contribution in [0.5, 0.6) is 0 Å². The Morgan fingerprint density at radius 1 is 1.23 bits per heavy atom. The fraction of sp³-hybridized carbons (Fsp3) is 0.111. The largest absolute Gasteiger partial charge is 0.268 e. The van der Waals surface area contributed by atoms with Gasteiger partial charge in [-0.3, -0.25) is 9.36 Å². The van der Waals surface area contributed by atoms with Crippen LogP contribution >= 0.6 is 0 Å².